The third-order valence-corrected chi connectivity index (χ3v) is 4.43. The minimum atomic E-state index is 0.130. The van der Waals surface area contributed by atoms with Crippen LogP contribution in [0.2, 0.25) is 0 Å². The number of rotatable bonds is 2. The van der Waals surface area contributed by atoms with E-state index in [-0.39, 0.29) is 6.17 Å². The number of thioether (sulfide) groups is 1. The minimum absolute atomic E-state index is 0.130. The van der Waals surface area contributed by atoms with E-state index in [9.17, 15) is 0 Å². The maximum Gasteiger partial charge on any atom is 0.138 e. The largest absolute Gasteiger partial charge is 0.335 e. The molecule has 1 fully saturated rings. The third-order valence-electron chi connectivity index (χ3n) is 2.97. The predicted octanol–water partition coefficient (Wildman–Crippen LogP) is 2.28. The molecule has 17 heavy (non-hydrogen) atoms. The Bertz CT molecular complexity index is 565. The average molecular weight is 264 g/mol. The second-order valence-corrected chi connectivity index (χ2v) is 5.69. The van der Waals surface area contributed by atoms with Crippen molar-refractivity contribution in [1.82, 2.24) is 19.9 Å². The third kappa shape index (κ3) is 1.81. The van der Waals surface area contributed by atoms with Crippen molar-refractivity contribution in [1.29, 1.82) is 0 Å². The lowest BCUT2D eigenvalue weighted by Gasteiger charge is -2.25. The normalized spacial score (nSPS) is 17.9. The molecule has 0 radical (unpaired) electrons. The maximum atomic E-state index is 5.34. The van der Waals surface area contributed by atoms with Crippen LogP contribution in [0, 0.1) is 0 Å². The fourth-order valence-corrected chi connectivity index (χ4v) is 3.41. The number of hydrogen-bond acceptors (Lipinski definition) is 4. The minimum Gasteiger partial charge on any atom is -0.335 e. The zero-order valence-corrected chi connectivity index (χ0v) is 11.0. The zero-order chi connectivity index (χ0) is 11.8. The molecule has 1 aliphatic heterocycles. The molecule has 0 aliphatic carbocycles. The van der Waals surface area contributed by atoms with Gasteiger partial charge < -0.3 is 4.90 Å². The molecular formula is C11H12N4S2. The highest BCUT2D eigenvalue weighted by atomic mass is 32.2. The van der Waals surface area contributed by atoms with Crippen molar-refractivity contribution in [2.45, 2.75) is 13.1 Å². The standard InChI is InChI=1S/C11H12N4S2/c1-8(14-6-7-17-11(14)16)15-10-5-3-2-4-9(10)12-13-15/h2-5,8H,6-7H2,1H3. The van der Waals surface area contributed by atoms with E-state index < -0.39 is 0 Å². The van der Waals surface area contributed by atoms with Crippen LogP contribution < -0.4 is 0 Å². The van der Waals surface area contributed by atoms with Gasteiger partial charge in [-0.3, -0.25) is 0 Å². The molecule has 0 spiro atoms. The van der Waals surface area contributed by atoms with E-state index in [0.717, 1.165) is 27.7 Å². The highest BCUT2D eigenvalue weighted by Gasteiger charge is 2.25. The van der Waals surface area contributed by atoms with E-state index in [4.69, 9.17) is 12.2 Å². The molecule has 1 aromatic heterocycles. The predicted molar refractivity (Wildman–Crippen MR) is 74.0 cm³/mol. The highest BCUT2D eigenvalue weighted by molar-refractivity contribution is 8.23. The van der Waals surface area contributed by atoms with Gasteiger partial charge in [0.25, 0.3) is 0 Å². The molecule has 1 saturated heterocycles. The van der Waals surface area contributed by atoms with E-state index >= 15 is 0 Å². The topological polar surface area (TPSA) is 34.0 Å². The number of benzene rings is 1. The highest BCUT2D eigenvalue weighted by Crippen LogP contribution is 2.26. The second-order valence-electron chi connectivity index (χ2n) is 3.96. The summed E-state index contributed by atoms with van der Waals surface area (Å²) in [5.74, 6) is 1.07. The van der Waals surface area contributed by atoms with Gasteiger partial charge in [0.05, 0.1) is 5.52 Å². The maximum absolute atomic E-state index is 5.34. The van der Waals surface area contributed by atoms with E-state index in [1.54, 1.807) is 11.8 Å². The molecule has 1 aliphatic rings. The number of nitrogens with zero attached hydrogens (tertiary/aromatic N) is 4. The Morgan fingerprint density at radius 1 is 1.41 bits per heavy atom. The number of aromatic nitrogens is 3. The summed E-state index contributed by atoms with van der Waals surface area (Å²) in [6.45, 7) is 3.10. The molecule has 6 heteroatoms. The molecule has 0 saturated carbocycles. The van der Waals surface area contributed by atoms with Crippen LogP contribution >= 0.6 is 24.0 Å². The smallest absolute Gasteiger partial charge is 0.138 e. The monoisotopic (exact) mass is 264 g/mol. The van der Waals surface area contributed by atoms with Crippen molar-refractivity contribution in [3.05, 3.63) is 24.3 Å². The number of para-hydroxylation sites is 1. The van der Waals surface area contributed by atoms with Crippen molar-refractivity contribution in [3.63, 3.8) is 0 Å². The number of thiocarbonyl (C=S) groups is 1. The van der Waals surface area contributed by atoms with Crippen LogP contribution in [0.4, 0.5) is 0 Å². The van der Waals surface area contributed by atoms with Crippen molar-refractivity contribution < 1.29 is 0 Å². The van der Waals surface area contributed by atoms with Gasteiger partial charge >= 0.3 is 0 Å². The summed E-state index contributed by atoms with van der Waals surface area (Å²) < 4.78 is 2.89. The van der Waals surface area contributed by atoms with Gasteiger partial charge in [-0.2, -0.15) is 0 Å². The zero-order valence-electron chi connectivity index (χ0n) is 9.41. The van der Waals surface area contributed by atoms with Gasteiger partial charge in [-0.05, 0) is 19.1 Å². The van der Waals surface area contributed by atoms with Gasteiger partial charge in [-0.1, -0.05) is 41.3 Å². The molecular weight excluding hydrogens is 252 g/mol. The molecule has 0 amide bonds. The second kappa shape index (κ2) is 4.27. The molecule has 1 atom stereocenters. The molecule has 2 heterocycles. The summed E-state index contributed by atoms with van der Waals surface area (Å²) in [4.78, 5) is 2.20. The Kier molecular flexibility index (Phi) is 2.76. The molecule has 0 bridgehead atoms. The molecule has 88 valence electrons. The fraction of sp³-hybridized carbons (Fsp3) is 0.364. The summed E-state index contributed by atoms with van der Waals surface area (Å²) in [6, 6.07) is 8.00. The van der Waals surface area contributed by atoms with Crippen molar-refractivity contribution >= 4 is 39.3 Å². The van der Waals surface area contributed by atoms with Crippen LogP contribution in [0.15, 0.2) is 24.3 Å². The van der Waals surface area contributed by atoms with Gasteiger partial charge in [0.15, 0.2) is 0 Å². The van der Waals surface area contributed by atoms with Crippen molar-refractivity contribution in [2.75, 3.05) is 12.3 Å². The first-order valence-corrected chi connectivity index (χ1v) is 6.90. The Morgan fingerprint density at radius 3 is 3.00 bits per heavy atom. The Labute approximate surface area is 109 Å². The summed E-state index contributed by atoms with van der Waals surface area (Å²) in [6.07, 6.45) is 0.130. The van der Waals surface area contributed by atoms with E-state index in [0.29, 0.717) is 0 Å². The fourth-order valence-electron chi connectivity index (χ4n) is 2.04. The molecule has 2 aromatic rings. The number of fused-ring (bicyclic) bond motifs is 1. The van der Waals surface area contributed by atoms with Crippen LogP contribution in [0.5, 0.6) is 0 Å². The Hall–Kier alpha value is -1.14. The van der Waals surface area contributed by atoms with E-state index in [1.165, 1.54) is 0 Å². The van der Waals surface area contributed by atoms with Gasteiger partial charge in [0.1, 0.15) is 16.0 Å². The lowest BCUT2D eigenvalue weighted by atomic mass is 10.3. The first-order chi connectivity index (χ1) is 8.27. The van der Waals surface area contributed by atoms with Crippen LogP contribution in [-0.2, 0) is 0 Å². The quantitative estimate of drug-likeness (QED) is 0.777. The van der Waals surface area contributed by atoms with Gasteiger partial charge in [0, 0.05) is 12.3 Å². The summed E-state index contributed by atoms with van der Waals surface area (Å²) in [5, 5.41) is 8.40. The Morgan fingerprint density at radius 2 is 2.24 bits per heavy atom. The van der Waals surface area contributed by atoms with Crippen LogP contribution in [0.3, 0.4) is 0 Å². The summed E-state index contributed by atoms with van der Waals surface area (Å²) >= 11 is 7.07. The number of hydrogen-bond donors (Lipinski definition) is 0. The van der Waals surface area contributed by atoms with Crippen LogP contribution in [0.25, 0.3) is 11.0 Å². The van der Waals surface area contributed by atoms with Gasteiger partial charge in [-0.25, -0.2) is 4.68 Å². The molecule has 1 unspecified atom stereocenters. The van der Waals surface area contributed by atoms with Crippen molar-refractivity contribution in [3.8, 4) is 0 Å². The van der Waals surface area contributed by atoms with Crippen molar-refractivity contribution in [2.24, 2.45) is 0 Å². The van der Waals surface area contributed by atoms with Gasteiger partial charge in [0.2, 0.25) is 0 Å². The lowest BCUT2D eigenvalue weighted by molar-refractivity contribution is 0.264. The Balaban J connectivity index is 2.00. The summed E-state index contributed by atoms with van der Waals surface area (Å²) in [7, 11) is 0. The first kappa shape index (κ1) is 11.0. The molecule has 3 rings (SSSR count). The van der Waals surface area contributed by atoms with E-state index in [2.05, 4.69) is 22.1 Å². The molecule has 4 nitrogen and oxygen atoms in total. The SMILES string of the molecule is CC(N1CCSC1=S)n1nnc2ccccc21. The molecule has 1 aromatic carbocycles. The molecule has 0 N–H and O–H groups in total. The van der Waals surface area contributed by atoms with E-state index in [1.807, 2.05) is 28.9 Å². The first-order valence-electron chi connectivity index (χ1n) is 5.51. The van der Waals surface area contributed by atoms with Gasteiger partial charge in [-0.15, -0.1) is 5.10 Å². The van der Waals surface area contributed by atoms with Crippen LogP contribution in [0.1, 0.15) is 13.1 Å². The average Bonchev–Trinajstić information content (AvgIpc) is 2.94. The van der Waals surface area contributed by atoms with Crippen LogP contribution in [-0.4, -0.2) is 36.5 Å². The lowest BCUT2D eigenvalue weighted by Crippen LogP contribution is -2.31. The summed E-state index contributed by atoms with van der Waals surface area (Å²) in [5.41, 5.74) is 1.98.